The first-order valence-electron chi connectivity index (χ1n) is 16.5. The molecule has 1 saturated heterocycles. The van der Waals surface area contributed by atoms with Crippen LogP contribution in [0.5, 0.6) is 5.88 Å². The summed E-state index contributed by atoms with van der Waals surface area (Å²) >= 11 is 5.87. The fraction of sp³-hybridized carbons (Fsp3) is 0.243. The van der Waals surface area contributed by atoms with Crippen molar-refractivity contribution < 1.29 is 23.0 Å². The van der Waals surface area contributed by atoms with E-state index >= 15 is 0 Å². The van der Waals surface area contributed by atoms with Crippen LogP contribution in [0.1, 0.15) is 45.9 Å². The number of aromatic amines is 1. The number of nitrogens with zero attached hydrogens (tertiary/aromatic N) is 5. The Morgan fingerprint density at radius 1 is 1.10 bits per heavy atom. The molecule has 10 nitrogen and oxygen atoms in total. The van der Waals surface area contributed by atoms with Crippen molar-refractivity contribution in [3.8, 4) is 5.88 Å². The molecule has 3 radical (unpaired) electrons. The predicted octanol–water partition coefficient (Wildman–Crippen LogP) is 6.82. The molecule has 1 fully saturated rings. The van der Waals surface area contributed by atoms with Gasteiger partial charge in [0.25, 0.3) is 5.91 Å². The lowest BCUT2D eigenvalue weighted by Gasteiger charge is -2.34. The average molecular weight is 723 g/mol. The van der Waals surface area contributed by atoms with Crippen LogP contribution >= 0.6 is 11.6 Å². The summed E-state index contributed by atoms with van der Waals surface area (Å²) in [6.45, 7) is 2.79. The second-order valence-electron chi connectivity index (χ2n) is 12.6. The number of carbonyl (C=O) groups excluding carboxylic acids is 1. The molecular weight excluding hydrogens is 692 g/mol. The molecule has 14 heteroatoms. The Morgan fingerprint density at radius 2 is 1.98 bits per heavy atom. The number of amides is 1. The monoisotopic (exact) mass is 722 g/mol. The Bertz CT molecular complexity index is 2310. The maximum atomic E-state index is 14.2. The van der Waals surface area contributed by atoms with Crippen molar-refractivity contribution in [2.75, 3.05) is 25.0 Å². The Morgan fingerprint density at radius 3 is 2.76 bits per heavy atom. The van der Waals surface area contributed by atoms with E-state index in [-0.39, 0.29) is 24.3 Å². The number of ether oxygens (including phenoxy) is 2. The zero-order valence-corrected chi connectivity index (χ0v) is 29.0. The highest BCUT2D eigenvalue weighted by Crippen LogP contribution is 2.31. The molecule has 0 saturated carbocycles. The Kier molecular flexibility index (Phi) is 9.11. The van der Waals surface area contributed by atoms with E-state index in [1.165, 1.54) is 6.07 Å². The van der Waals surface area contributed by atoms with Gasteiger partial charge in [0.1, 0.15) is 18.2 Å². The Balaban J connectivity index is 0.983. The number of nitrogens with one attached hydrogen (secondary N) is 2. The number of fused-ring (bicyclic) bond motifs is 2. The lowest BCUT2D eigenvalue weighted by atomic mass is 10.0. The van der Waals surface area contributed by atoms with Crippen LogP contribution in [0.3, 0.4) is 0 Å². The first kappa shape index (κ1) is 33.2. The SMILES string of the molecule is O=C(Nc1ccc2n[nH]c(F)c2c1)c1ccc2c(c1)nc(CN1CC=C(c3cccc(OCc4ccc(Cl)cc4F)n3)CC1)n2C([Si])[C@@H]1CCO1. The molecule has 5 heterocycles. The second-order valence-corrected chi connectivity index (χ2v) is 13.6. The topological polar surface area (TPSA) is 110 Å². The van der Waals surface area contributed by atoms with E-state index in [0.29, 0.717) is 63.8 Å². The molecule has 257 valence electrons. The molecule has 1 unspecified atom stereocenters. The normalized spacial score (nSPS) is 16.9. The van der Waals surface area contributed by atoms with Crippen LogP contribution in [-0.4, -0.2) is 71.6 Å². The fourth-order valence-electron chi connectivity index (χ4n) is 6.39. The van der Waals surface area contributed by atoms with Crippen LogP contribution in [0, 0.1) is 11.8 Å². The summed E-state index contributed by atoms with van der Waals surface area (Å²) in [5.41, 5.74) is 5.12. The van der Waals surface area contributed by atoms with Gasteiger partial charge in [0.05, 0.1) is 50.5 Å². The van der Waals surface area contributed by atoms with Crippen LogP contribution in [-0.2, 0) is 17.9 Å². The molecule has 2 atom stereocenters. The van der Waals surface area contributed by atoms with Crippen molar-refractivity contribution in [3.63, 3.8) is 0 Å². The molecule has 6 aromatic rings. The van der Waals surface area contributed by atoms with Crippen molar-refractivity contribution in [1.29, 1.82) is 0 Å². The third-order valence-corrected chi connectivity index (χ3v) is 10.1. The summed E-state index contributed by atoms with van der Waals surface area (Å²) in [6.07, 6.45) is 3.86. The summed E-state index contributed by atoms with van der Waals surface area (Å²) in [5, 5.41) is 9.71. The van der Waals surface area contributed by atoms with Gasteiger partial charge in [-0.05, 0) is 73.0 Å². The molecule has 0 spiro atoms. The molecule has 51 heavy (non-hydrogen) atoms. The summed E-state index contributed by atoms with van der Waals surface area (Å²) in [6, 6.07) is 20.4. The summed E-state index contributed by atoms with van der Waals surface area (Å²) in [5.74, 6) is -0.0402. The van der Waals surface area contributed by atoms with Gasteiger partial charge in [0.2, 0.25) is 11.8 Å². The minimum atomic E-state index is -0.555. The molecule has 2 N–H and O–H groups in total. The second kappa shape index (κ2) is 14.0. The van der Waals surface area contributed by atoms with Gasteiger partial charge in [-0.2, -0.15) is 9.49 Å². The van der Waals surface area contributed by atoms with E-state index < -0.39 is 11.8 Å². The van der Waals surface area contributed by atoms with Gasteiger partial charge in [-0.1, -0.05) is 29.8 Å². The summed E-state index contributed by atoms with van der Waals surface area (Å²) < 4.78 is 42.1. The first-order valence-corrected chi connectivity index (χ1v) is 17.5. The Labute approximate surface area is 299 Å². The van der Waals surface area contributed by atoms with Gasteiger partial charge in [-0.25, -0.2) is 14.4 Å². The van der Waals surface area contributed by atoms with E-state index in [1.807, 2.05) is 18.2 Å². The van der Waals surface area contributed by atoms with E-state index in [1.54, 1.807) is 48.5 Å². The molecule has 0 aliphatic carbocycles. The van der Waals surface area contributed by atoms with Gasteiger partial charge < -0.3 is 19.4 Å². The number of hydrogen-bond donors (Lipinski definition) is 2. The quantitative estimate of drug-likeness (QED) is 0.150. The molecule has 0 bridgehead atoms. The molecule has 2 aliphatic rings. The molecule has 1 amide bonds. The number of benzene rings is 3. The number of carbonyl (C=O) groups is 1. The lowest BCUT2D eigenvalue weighted by molar-refractivity contribution is -0.0632. The van der Waals surface area contributed by atoms with E-state index in [4.69, 9.17) is 26.1 Å². The van der Waals surface area contributed by atoms with Crippen molar-refractivity contribution in [1.82, 2.24) is 29.6 Å². The van der Waals surface area contributed by atoms with Crippen LogP contribution in [0.25, 0.3) is 27.5 Å². The molecule has 3 aromatic heterocycles. The van der Waals surface area contributed by atoms with Crippen molar-refractivity contribution in [2.45, 2.75) is 37.8 Å². The number of pyridine rings is 1. The van der Waals surface area contributed by atoms with E-state index in [0.717, 1.165) is 42.0 Å². The van der Waals surface area contributed by atoms with Crippen LogP contribution < -0.4 is 10.1 Å². The van der Waals surface area contributed by atoms with Crippen molar-refractivity contribution in [3.05, 3.63) is 118 Å². The number of imidazole rings is 1. The fourth-order valence-corrected chi connectivity index (χ4v) is 7.10. The third kappa shape index (κ3) is 6.89. The first-order chi connectivity index (χ1) is 24.8. The maximum Gasteiger partial charge on any atom is 0.255 e. The van der Waals surface area contributed by atoms with Crippen LogP contribution in [0.2, 0.25) is 5.02 Å². The maximum absolute atomic E-state index is 14.2. The van der Waals surface area contributed by atoms with Gasteiger partial charge in [-0.15, -0.1) is 0 Å². The average Bonchev–Trinajstić information content (AvgIpc) is 3.66. The predicted molar refractivity (Wildman–Crippen MR) is 191 cm³/mol. The number of rotatable bonds is 10. The van der Waals surface area contributed by atoms with Gasteiger partial charge in [0, 0.05) is 53.3 Å². The van der Waals surface area contributed by atoms with Crippen LogP contribution in [0.4, 0.5) is 14.5 Å². The van der Waals surface area contributed by atoms with E-state index in [2.05, 4.69) is 46.3 Å². The molecule has 3 aromatic carbocycles. The van der Waals surface area contributed by atoms with Gasteiger partial charge >= 0.3 is 0 Å². The minimum Gasteiger partial charge on any atom is -0.473 e. The molecule has 2 aliphatic heterocycles. The largest absolute Gasteiger partial charge is 0.473 e. The highest BCUT2D eigenvalue weighted by atomic mass is 35.5. The Hall–Kier alpha value is -4.95. The van der Waals surface area contributed by atoms with Gasteiger partial charge in [0.15, 0.2) is 0 Å². The number of halogens is 3. The van der Waals surface area contributed by atoms with Crippen molar-refractivity contribution in [2.24, 2.45) is 0 Å². The number of H-pyrrole nitrogens is 1. The van der Waals surface area contributed by atoms with E-state index in [9.17, 15) is 13.6 Å². The van der Waals surface area contributed by atoms with Crippen molar-refractivity contribution >= 4 is 60.9 Å². The third-order valence-electron chi connectivity index (χ3n) is 9.26. The minimum absolute atomic E-state index is 0.00336. The smallest absolute Gasteiger partial charge is 0.255 e. The lowest BCUT2D eigenvalue weighted by Crippen LogP contribution is -2.38. The highest BCUT2D eigenvalue weighted by Gasteiger charge is 2.30. The summed E-state index contributed by atoms with van der Waals surface area (Å²) in [7, 11) is 3.94. The number of aromatic nitrogens is 5. The highest BCUT2D eigenvalue weighted by molar-refractivity contribution is 6.30. The number of anilines is 1. The van der Waals surface area contributed by atoms with Gasteiger partial charge in [-0.3, -0.25) is 14.8 Å². The zero-order chi connectivity index (χ0) is 35.1. The summed E-state index contributed by atoms with van der Waals surface area (Å²) in [4.78, 5) is 25.3. The molecule has 8 rings (SSSR count). The van der Waals surface area contributed by atoms with Crippen LogP contribution in [0.15, 0.2) is 78.9 Å². The standard InChI is InChI=1S/C37H31ClF2N7O3Si/c38-24-6-4-23(27(39)17-24)20-50-34-3-1-2-28(43-34)21-10-13-46(14-11-21)19-33-42-30-16-22(5-9-31(30)47(33)37(51)32-12-15-49-32)36(48)41-25-7-8-29-26(18-25)35(40)45-44-29/h1-10,16-18,32,37H,11-15,19-20H2,(H,41,48)(H,44,45)/t32-,37?/m0/s1. The zero-order valence-electron chi connectivity index (χ0n) is 27.2. The molecular formula is C37H31ClF2N7O3Si. The number of hydrogen-bond acceptors (Lipinski definition) is 7.